The summed E-state index contributed by atoms with van der Waals surface area (Å²) in [7, 11) is 1.17. The third kappa shape index (κ3) is 10.6. The molecule has 8 rings (SSSR count). The first-order chi connectivity index (χ1) is 35.8. The molecule has 4 saturated heterocycles. The maximum Gasteiger partial charge on any atom is 0.407 e. The van der Waals surface area contributed by atoms with E-state index in [1.165, 1.54) is 27.0 Å². The van der Waals surface area contributed by atoms with Gasteiger partial charge in [0, 0.05) is 43.4 Å². The zero-order valence-corrected chi connectivity index (χ0v) is 45.3. The van der Waals surface area contributed by atoms with Gasteiger partial charge < -0.3 is 68.5 Å². The van der Waals surface area contributed by atoms with Crippen molar-refractivity contribution in [2.24, 2.45) is 40.9 Å². The van der Waals surface area contributed by atoms with Crippen LogP contribution in [0.4, 0.5) is 4.79 Å². The summed E-state index contributed by atoms with van der Waals surface area (Å²) in [5.41, 5.74) is -4.51. The van der Waals surface area contributed by atoms with Crippen molar-refractivity contribution in [1.82, 2.24) is 5.32 Å². The number of allylic oxidation sites excluding steroid dienone is 3. The molecule has 5 fully saturated rings. The lowest BCUT2D eigenvalue weighted by atomic mass is 9.49. The average Bonchev–Trinajstić information content (AvgIpc) is 3.75. The highest BCUT2D eigenvalue weighted by Crippen LogP contribution is 2.61. The lowest BCUT2D eigenvalue weighted by molar-refractivity contribution is -1.09. The molecular weight excluding hydrogens is 993 g/mol. The van der Waals surface area contributed by atoms with E-state index in [1.54, 1.807) is 33.8 Å². The van der Waals surface area contributed by atoms with Crippen molar-refractivity contribution in [3.63, 3.8) is 0 Å². The fourth-order valence-corrected chi connectivity index (χ4v) is 14.1. The second kappa shape index (κ2) is 22.4. The molecule has 422 valence electrons. The van der Waals surface area contributed by atoms with Gasteiger partial charge in [0.2, 0.25) is 5.78 Å². The molecule has 4 aliphatic heterocycles. The molecule has 4 aliphatic carbocycles. The number of Topliss-reactive ketones (excluding diaryl/α,β-unsaturated/α-hetero) is 1. The number of fused-ring (bicyclic) bond motifs is 4. The van der Waals surface area contributed by atoms with Crippen LogP contribution in [-0.2, 0) is 61.8 Å². The van der Waals surface area contributed by atoms with Crippen LogP contribution >= 0.6 is 0 Å². The second-order valence-corrected chi connectivity index (χ2v) is 23.1. The number of ketones is 1. The van der Waals surface area contributed by atoms with Crippen LogP contribution < -0.4 is 10.5 Å². The number of nitrogens with one attached hydrogen (secondary N) is 2. The maximum atomic E-state index is 15.4. The molecule has 8 aliphatic rings. The number of carbonyl (C=O) groups is 5. The van der Waals surface area contributed by atoms with E-state index >= 15 is 4.79 Å². The number of aliphatic hydroxyl groups is 3. The van der Waals surface area contributed by atoms with Gasteiger partial charge in [0.25, 0.3) is 0 Å². The van der Waals surface area contributed by atoms with Crippen molar-refractivity contribution < 1.29 is 92.4 Å². The summed E-state index contributed by atoms with van der Waals surface area (Å²) < 4.78 is 55.7. The van der Waals surface area contributed by atoms with Crippen molar-refractivity contribution in [3.8, 4) is 0 Å². The lowest BCUT2D eigenvalue weighted by Gasteiger charge is -2.56. The topological polar surface area (TPSA) is 289 Å². The summed E-state index contributed by atoms with van der Waals surface area (Å²) in [4.78, 5) is 67.2. The molecule has 0 aromatic carbocycles. The predicted octanol–water partition coefficient (Wildman–Crippen LogP) is 4.06. The van der Waals surface area contributed by atoms with E-state index in [2.05, 4.69) is 25.2 Å². The molecule has 1 amide bonds. The molecule has 23 unspecified atom stereocenters. The Morgan fingerprint density at radius 2 is 1.58 bits per heavy atom. The summed E-state index contributed by atoms with van der Waals surface area (Å²) >= 11 is 0. The van der Waals surface area contributed by atoms with Gasteiger partial charge in [-0.25, -0.2) is 20.0 Å². The fourth-order valence-electron chi connectivity index (χ4n) is 14.1. The highest BCUT2D eigenvalue weighted by Gasteiger charge is 2.65. The number of hydroxylamine groups is 2. The first-order valence-corrected chi connectivity index (χ1v) is 26.7. The van der Waals surface area contributed by atoms with Crippen LogP contribution in [0.5, 0.6) is 0 Å². The minimum Gasteiger partial charge on any atom is -0.600 e. The quantitative estimate of drug-likeness (QED) is 0.0449. The van der Waals surface area contributed by atoms with Crippen LogP contribution in [0.1, 0.15) is 114 Å². The minimum atomic E-state index is -2.16. The number of aldehydes is 1. The number of carbonyl (C=O) groups excluding carboxylic acids is 5. The zero-order valence-electron chi connectivity index (χ0n) is 45.3. The number of methoxy groups -OCH3 is 1. The molecule has 4 heterocycles. The fraction of sp³-hybridized carbons (Fsp3) is 0.727. The van der Waals surface area contributed by atoms with Gasteiger partial charge in [-0.1, -0.05) is 50.6 Å². The SMILES string of the molecule is COC(=O)NC1C(C)OC(OC2CC=C(C)C3C=CC4C(OC5CC(OC6CCC(O)C(C)O6)C(OC(C)=O)C(C)O5)C(C)CC(C)C4C3(C)C(O)=C3C(=O)OC4(CC(C=O)=CC(O)C4C=C2C)C3=O)CC1(C)[NH+]([O-])O. The monoisotopic (exact) mass is 1070 g/mol. The van der Waals surface area contributed by atoms with E-state index in [0.717, 1.165) is 5.57 Å². The number of ether oxygens (including phenoxy) is 9. The van der Waals surface area contributed by atoms with Gasteiger partial charge in [-0.15, -0.1) is 0 Å². The Morgan fingerprint density at radius 3 is 2.24 bits per heavy atom. The number of aliphatic hydroxyl groups excluding tert-OH is 3. The molecular formula is C55H78N2O19. The van der Waals surface area contributed by atoms with E-state index in [4.69, 9.17) is 42.6 Å². The summed E-state index contributed by atoms with van der Waals surface area (Å²) in [6, 6.07) is -1.01. The third-order valence-corrected chi connectivity index (χ3v) is 18.0. The number of alkyl carbamates (subject to hydrolysis) is 1. The highest BCUT2D eigenvalue weighted by atomic mass is 16.8. The van der Waals surface area contributed by atoms with Crippen LogP contribution in [0.2, 0.25) is 0 Å². The van der Waals surface area contributed by atoms with E-state index in [0.29, 0.717) is 31.1 Å². The van der Waals surface area contributed by atoms with Crippen molar-refractivity contribution in [3.05, 3.63) is 63.6 Å². The molecule has 21 nitrogen and oxygen atoms in total. The Morgan fingerprint density at radius 1 is 0.882 bits per heavy atom. The second-order valence-electron chi connectivity index (χ2n) is 23.1. The molecule has 0 aromatic rings. The largest absolute Gasteiger partial charge is 0.600 e. The van der Waals surface area contributed by atoms with E-state index in [-0.39, 0.29) is 36.7 Å². The van der Waals surface area contributed by atoms with Crippen LogP contribution in [0.25, 0.3) is 0 Å². The summed E-state index contributed by atoms with van der Waals surface area (Å²) in [6.45, 7) is 17.6. The predicted molar refractivity (Wildman–Crippen MR) is 266 cm³/mol. The zero-order chi connectivity index (χ0) is 55.5. The van der Waals surface area contributed by atoms with Gasteiger partial charge in [-0.2, -0.15) is 0 Å². The summed E-state index contributed by atoms with van der Waals surface area (Å²) in [6.07, 6.45) is -0.117. The molecule has 0 radical (unpaired) electrons. The van der Waals surface area contributed by atoms with Gasteiger partial charge in [-0.05, 0) is 95.8 Å². The average molecular weight is 1070 g/mol. The molecule has 21 heteroatoms. The molecule has 1 saturated carbocycles. The molecule has 6 N–H and O–H groups in total. The maximum absolute atomic E-state index is 15.4. The van der Waals surface area contributed by atoms with Gasteiger partial charge >= 0.3 is 18.0 Å². The summed E-state index contributed by atoms with van der Waals surface area (Å²) in [5.74, 6) is -6.11. The third-order valence-electron chi connectivity index (χ3n) is 18.0. The Labute approximate surface area is 443 Å². The van der Waals surface area contributed by atoms with Gasteiger partial charge in [0.05, 0.1) is 62.2 Å². The first kappa shape index (κ1) is 57.8. The summed E-state index contributed by atoms with van der Waals surface area (Å²) in [5, 5.41) is 60.3. The lowest BCUT2D eigenvalue weighted by Crippen LogP contribution is -3.17. The van der Waals surface area contributed by atoms with E-state index in [9.17, 15) is 44.9 Å². The van der Waals surface area contributed by atoms with Crippen molar-refractivity contribution >= 4 is 30.1 Å². The van der Waals surface area contributed by atoms with Gasteiger partial charge in [-0.3, -0.25) is 14.4 Å². The van der Waals surface area contributed by atoms with Crippen LogP contribution in [-0.4, -0.2) is 149 Å². The Kier molecular flexibility index (Phi) is 17.0. The van der Waals surface area contributed by atoms with Crippen molar-refractivity contribution in [2.45, 2.75) is 205 Å². The minimum absolute atomic E-state index is 0.0179. The normalized spacial score (nSPS) is 45.1. The van der Waals surface area contributed by atoms with Gasteiger partial charge in [0.1, 0.15) is 29.8 Å². The molecule has 0 aromatic heterocycles. The first-order valence-electron chi connectivity index (χ1n) is 26.7. The van der Waals surface area contributed by atoms with Gasteiger partial charge in [0.15, 0.2) is 36.1 Å². The van der Waals surface area contributed by atoms with E-state index in [1.807, 2.05) is 26.0 Å². The Hall–Kier alpha value is -4.39. The smallest absolute Gasteiger partial charge is 0.407 e. The number of esters is 2. The highest BCUT2D eigenvalue weighted by molar-refractivity contribution is 6.26. The molecule has 23 atom stereocenters. The Balaban J connectivity index is 1.19. The molecule has 2 bridgehead atoms. The number of amides is 1. The van der Waals surface area contributed by atoms with Crippen LogP contribution in [0.15, 0.2) is 58.4 Å². The van der Waals surface area contributed by atoms with Crippen LogP contribution in [0.3, 0.4) is 0 Å². The number of hydrogen-bond acceptors (Lipinski definition) is 19. The van der Waals surface area contributed by atoms with Crippen molar-refractivity contribution in [2.75, 3.05) is 7.11 Å². The number of quaternary nitrogens is 1. The molecule has 76 heavy (non-hydrogen) atoms. The molecule has 1 spiro atoms. The standard InChI is InChI=1S/C55H78N2O19/c1-25-12-16-39(73-43-23-53(9,57(66)67)48(31(7)71-43)56-52(65)68-11)26(2)19-36-38(61)20-33(24-58)22-55(36)50(63)44(51(64)76-55)49(62)54(10)35(25)14-13-34-45(54)27(3)18-28(4)46(34)75-42-21-40(47(30(6)70-42)72-32(8)59)74-41-17-15-37(60)29(5)69-41/h12-14,19-20,24,27-31,34-43,45-48,57,60-62,66H,15-18,21-23H2,1-11H3,(H,56,65). The van der Waals surface area contributed by atoms with E-state index < -0.39 is 167 Å². The Bertz CT molecular complexity index is 2400. The van der Waals surface area contributed by atoms with Crippen molar-refractivity contribution in [1.29, 1.82) is 0 Å². The van der Waals surface area contributed by atoms with Crippen LogP contribution in [0, 0.1) is 46.1 Å². The number of hydrogen-bond donors (Lipinski definition) is 6. The number of rotatable bonds is 10.